The highest BCUT2D eigenvalue weighted by Gasteiger charge is 2.19. The number of nitrogens with one attached hydrogen (secondary N) is 1. The standard InChI is InChI=1S/C23H21N3O4S/c1-28-14-6-4-5-13(11-14)17-10-8-16-20(24)21(31-23(16)26-17)22(27)25-18-9-7-15(29-2)12-19(18)30-3/h4-12H,24H2,1-3H3,(H,25,27). The van der Waals surface area contributed by atoms with Gasteiger partial charge >= 0.3 is 0 Å². The van der Waals surface area contributed by atoms with Crippen LogP contribution in [0.25, 0.3) is 21.5 Å². The summed E-state index contributed by atoms with van der Waals surface area (Å²) in [5.74, 6) is 1.54. The molecule has 0 fully saturated rings. The van der Waals surface area contributed by atoms with E-state index in [4.69, 9.17) is 24.9 Å². The Hall–Kier alpha value is -3.78. The molecule has 0 atom stereocenters. The van der Waals surface area contributed by atoms with E-state index in [0.29, 0.717) is 32.6 Å². The van der Waals surface area contributed by atoms with Gasteiger partial charge in [-0.2, -0.15) is 0 Å². The van der Waals surface area contributed by atoms with Gasteiger partial charge in [0.05, 0.1) is 38.4 Å². The van der Waals surface area contributed by atoms with E-state index >= 15 is 0 Å². The molecular weight excluding hydrogens is 414 g/mol. The molecule has 0 bridgehead atoms. The molecule has 0 aliphatic carbocycles. The van der Waals surface area contributed by atoms with Crippen LogP contribution in [0, 0.1) is 0 Å². The molecule has 0 saturated carbocycles. The van der Waals surface area contributed by atoms with Crippen molar-refractivity contribution >= 4 is 38.8 Å². The van der Waals surface area contributed by atoms with Gasteiger partial charge in [0.25, 0.3) is 5.91 Å². The van der Waals surface area contributed by atoms with E-state index in [0.717, 1.165) is 22.4 Å². The smallest absolute Gasteiger partial charge is 0.268 e. The number of amides is 1. The van der Waals surface area contributed by atoms with Crippen molar-refractivity contribution in [2.75, 3.05) is 32.4 Å². The summed E-state index contributed by atoms with van der Waals surface area (Å²) in [5.41, 5.74) is 8.90. The largest absolute Gasteiger partial charge is 0.497 e. The molecule has 0 unspecified atom stereocenters. The SMILES string of the molecule is COc1cccc(-c2ccc3c(N)c(C(=O)Nc4ccc(OC)cc4OC)sc3n2)c1. The highest BCUT2D eigenvalue weighted by molar-refractivity contribution is 7.21. The van der Waals surface area contributed by atoms with E-state index in [1.165, 1.54) is 18.4 Å². The van der Waals surface area contributed by atoms with Gasteiger partial charge in [-0.1, -0.05) is 12.1 Å². The number of methoxy groups -OCH3 is 3. The zero-order valence-corrected chi connectivity index (χ0v) is 18.1. The summed E-state index contributed by atoms with van der Waals surface area (Å²) in [4.78, 5) is 18.7. The monoisotopic (exact) mass is 435 g/mol. The number of hydrogen-bond donors (Lipinski definition) is 2. The van der Waals surface area contributed by atoms with Crippen LogP contribution in [-0.2, 0) is 0 Å². The first-order valence-corrected chi connectivity index (χ1v) is 10.2. The number of aromatic nitrogens is 1. The molecule has 0 radical (unpaired) electrons. The van der Waals surface area contributed by atoms with Gasteiger partial charge in [0, 0.05) is 17.0 Å². The molecule has 0 aliphatic rings. The fraction of sp³-hybridized carbons (Fsp3) is 0.130. The first kappa shape index (κ1) is 20.5. The molecule has 31 heavy (non-hydrogen) atoms. The van der Waals surface area contributed by atoms with Crippen LogP contribution < -0.4 is 25.3 Å². The molecule has 4 rings (SSSR count). The predicted octanol–water partition coefficient (Wildman–Crippen LogP) is 4.82. The molecule has 8 heteroatoms. The van der Waals surface area contributed by atoms with E-state index in [-0.39, 0.29) is 5.91 Å². The van der Waals surface area contributed by atoms with Crippen LogP contribution in [0.15, 0.2) is 54.6 Å². The van der Waals surface area contributed by atoms with Gasteiger partial charge in [0.15, 0.2) is 0 Å². The minimum atomic E-state index is -0.327. The Kier molecular flexibility index (Phi) is 5.64. The molecule has 0 spiro atoms. The number of ether oxygens (including phenoxy) is 3. The minimum absolute atomic E-state index is 0.327. The number of nitrogen functional groups attached to an aromatic ring is 1. The van der Waals surface area contributed by atoms with E-state index < -0.39 is 0 Å². The Morgan fingerprint density at radius 2 is 1.74 bits per heavy atom. The van der Waals surface area contributed by atoms with Gasteiger partial charge in [0.1, 0.15) is 27.0 Å². The number of carbonyl (C=O) groups excluding carboxylic acids is 1. The number of nitrogens with zero attached hydrogens (tertiary/aromatic N) is 1. The third-order valence-electron chi connectivity index (χ3n) is 4.82. The van der Waals surface area contributed by atoms with Crippen molar-refractivity contribution in [3.8, 4) is 28.5 Å². The molecule has 4 aromatic rings. The number of hydrogen-bond acceptors (Lipinski definition) is 7. The Balaban J connectivity index is 1.67. The molecule has 0 aliphatic heterocycles. The van der Waals surface area contributed by atoms with Crippen molar-refractivity contribution in [1.82, 2.24) is 4.98 Å². The Morgan fingerprint density at radius 1 is 0.968 bits per heavy atom. The number of thiophene rings is 1. The highest BCUT2D eigenvalue weighted by Crippen LogP contribution is 2.36. The molecule has 2 aromatic heterocycles. The number of carbonyl (C=O) groups is 1. The van der Waals surface area contributed by atoms with Gasteiger partial charge in [-0.3, -0.25) is 4.79 Å². The quantitative estimate of drug-likeness (QED) is 0.451. The number of rotatable bonds is 6. The lowest BCUT2D eigenvalue weighted by atomic mass is 10.1. The molecule has 2 aromatic carbocycles. The van der Waals surface area contributed by atoms with E-state index in [1.54, 1.807) is 32.4 Å². The molecule has 2 heterocycles. The fourth-order valence-corrected chi connectivity index (χ4v) is 4.18. The van der Waals surface area contributed by atoms with Gasteiger partial charge in [-0.25, -0.2) is 4.98 Å². The number of fused-ring (bicyclic) bond motifs is 1. The average molecular weight is 436 g/mol. The summed E-state index contributed by atoms with van der Waals surface area (Å²) < 4.78 is 15.8. The lowest BCUT2D eigenvalue weighted by molar-refractivity contribution is 0.103. The maximum Gasteiger partial charge on any atom is 0.268 e. The van der Waals surface area contributed by atoms with Crippen LogP contribution in [0.3, 0.4) is 0 Å². The fourth-order valence-electron chi connectivity index (χ4n) is 3.19. The first-order valence-electron chi connectivity index (χ1n) is 9.41. The lowest BCUT2D eigenvalue weighted by Gasteiger charge is -2.11. The maximum absolute atomic E-state index is 13.0. The van der Waals surface area contributed by atoms with Crippen molar-refractivity contribution in [3.63, 3.8) is 0 Å². The molecule has 0 saturated heterocycles. The van der Waals surface area contributed by atoms with E-state index in [2.05, 4.69) is 5.32 Å². The Labute approximate surface area is 183 Å². The second-order valence-corrected chi connectivity index (χ2v) is 7.65. The van der Waals surface area contributed by atoms with Crippen LogP contribution in [-0.4, -0.2) is 32.2 Å². The van der Waals surface area contributed by atoms with Gasteiger partial charge in [-0.05, 0) is 36.4 Å². The zero-order chi connectivity index (χ0) is 22.0. The van der Waals surface area contributed by atoms with Crippen LogP contribution in [0.4, 0.5) is 11.4 Å². The summed E-state index contributed by atoms with van der Waals surface area (Å²) in [7, 11) is 4.72. The van der Waals surface area contributed by atoms with Crippen molar-refractivity contribution in [2.24, 2.45) is 0 Å². The normalized spacial score (nSPS) is 10.7. The topological polar surface area (TPSA) is 95.7 Å². The maximum atomic E-state index is 13.0. The highest BCUT2D eigenvalue weighted by atomic mass is 32.1. The average Bonchev–Trinajstić information content (AvgIpc) is 3.15. The zero-order valence-electron chi connectivity index (χ0n) is 17.3. The number of benzene rings is 2. The molecule has 7 nitrogen and oxygen atoms in total. The third kappa shape index (κ3) is 3.97. The summed E-state index contributed by atoms with van der Waals surface area (Å²) in [6, 6.07) is 16.6. The Morgan fingerprint density at radius 3 is 2.48 bits per heavy atom. The van der Waals surface area contributed by atoms with Crippen LogP contribution >= 0.6 is 11.3 Å². The van der Waals surface area contributed by atoms with Gasteiger partial charge in [-0.15, -0.1) is 11.3 Å². The van der Waals surface area contributed by atoms with Crippen LogP contribution in [0.1, 0.15) is 9.67 Å². The van der Waals surface area contributed by atoms with E-state index in [1.807, 2.05) is 36.4 Å². The molecular formula is C23H21N3O4S. The second kappa shape index (κ2) is 8.53. The third-order valence-corrected chi connectivity index (χ3v) is 5.94. The van der Waals surface area contributed by atoms with Crippen LogP contribution in [0.2, 0.25) is 0 Å². The van der Waals surface area contributed by atoms with Gasteiger partial charge in [0.2, 0.25) is 0 Å². The lowest BCUT2D eigenvalue weighted by Crippen LogP contribution is -2.12. The predicted molar refractivity (Wildman–Crippen MR) is 124 cm³/mol. The Bertz CT molecular complexity index is 1270. The van der Waals surface area contributed by atoms with Gasteiger partial charge < -0.3 is 25.3 Å². The van der Waals surface area contributed by atoms with Crippen molar-refractivity contribution in [1.29, 1.82) is 0 Å². The second-order valence-electron chi connectivity index (χ2n) is 6.65. The summed E-state index contributed by atoms with van der Waals surface area (Å²) in [5, 5.41) is 3.60. The summed E-state index contributed by atoms with van der Waals surface area (Å²) in [6.45, 7) is 0. The molecule has 3 N–H and O–H groups in total. The van der Waals surface area contributed by atoms with Crippen molar-refractivity contribution in [3.05, 3.63) is 59.5 Å². The minimum Gasteiger partial charge on any atom is -0.497 e. The first-order chi connectivity index (χ1) is 15.0. The molecule has 1 amide bonds. The number of nitrogens with two attached hydrogens (primary N) is 1. The summed E-state index contributed by atoms with van der Waals surface area (Å²) >= 11 is 1.25. The van der Waals surface area contributed by atoms with Crippen molar-refractivity contribution < 1.29 is 19.0 Å². The molecule has 158 valence electrons. The summed E-state index contributed by atoms with van der Waals surface area (Å²) in [6.07, 6.45) is 0. The van der Waals surface area contributed by atoms with E-state index in [9.17, 15) is 4.79 Å². The number of anilines is 2. The number of pyridine rings is 1. The van der Waals surface area contributed by atoms with Crippen LogP contribution in [0.5, 0.6) is 17.2 Å². The van der Waals surface area contributed by atoms with Crippen molar-refractivity contribution in [2.45, 2.75) is 0 Å².